The van der Waals surface area contributed by atoms with Crippen molar-refractivity contribution in [1.29, 1.82) is 0 Å². The van der Waals surface area contributed by atoms with Gasteiger partial charge in [0.05, 0.1) is 38.7 Å². The van der Waals surface area contributed by atoms with Crippen LogP contribution in [0.2, 0.25) is 0 Å². The molecular weight excluding hydrogens is 428 g/mol. The van der Waals surface area contributed by atoms with E-state index in [-0.39, 0.29) is 17.7 Å². The van der Waals surface area contributed by atoms with Crippen molar-refractivity contribution in [1.82, 2.24) is 0 Å². The monoisotopic (exact) mass is 456 g/mol. The quantitative estimate of drug-likeness (QED) is 0.514. The molecule has 6 nitrogen and oxygen atoms in total. The number of carbonyl (C=O) groups is 1. The summed E-state index contributed by atoms with van der Waals surface area (Å²) in [5.74, 6) is 2.27. The smallest absolute Gasteiger partial charge is 0.163 e. The molecule has 3 aromatic rings. The first-order chi connectivity index (χ1) is 16.6. The van der Waals surface area contributed by atoms with Crippen LogP contribution in [0.25, 0.3) is 0 Å². The molecule has 174 valence electrons. The van der Waals surface area contributed by atoms with Gasteiger partial charge in [-0.3, -0.25) is 4.79 Å². The molecule has 34 heavy (non-hydrogen) atoms. The van der Waals surface area contributed by atoms with Crippen molar-refractivity contribution in [2.45, 2.75) is 24.8 Å². The predicted octanol–water partition coefficient (Wildman–Crippen LogP) is 5.69. The number of methoxy groups -OCH3 is 3. The van der Waals surface area contributed by atoms with Crippen LogP contribution < -0.4 is 24.8 Å². The number of ether oxygens (including phenoxy) is 3. The second-order valence-corrected chi connectivity index (χ2v) is 8.56. The largest absolute Gasteiger partial charge is 0.497 e. The molecule has 0 bridgehead atoms. The third-order valence-corrected chi connectivity index (χ3v) is 6.62. The maximum Gasteiger partial charge on any atom is 0.163 e. The number of anilines is 2. The topological polar surface area (TPSA) is 68.8 Å². The summed E-state index contributed by atoms with van der Waals surface area (Å²) in [6.07, 6.45) is 1.14. The van der Waals surface area contributed by atoms with Gasteiger partial charge in [0, 0.05) is 17.7 Å². The lowest BCUT2D eigenvalue weighted by atomic mass is 9.78. The van der Waals surface area contributed by atoms with Crippen molar-refractivity contribution in [2.24, 2.45) is 0 Å². The van der Waals surface area contributed by atoms with Gasteiger partial charge in [-0.25, -0.2) is 0 Å². The Balaban J connectivity index is 1.58. The summed E-state index contributed by atoms with van der Waals surface area (Å²) in [7, 11) is 4.90. The fourth-order valence-corrected chi connectivity index (χ4v) is 4.91. The van der Waals surface area contributed by atoms with E-state index in [4.69, 9.17) is 14.2 Å². The van der Waals surface area contributed by atoms with Crippen molar-refractivity contribution in [3.05, 3.63) is 89.1 Å². The van der Waals surface area contributed by atoms with E-state index in [1.54, 1.807) is 21.3 Å². The van der Waals surface area contributed by atoms with E-state index in [1.165, 1.54) is 0 Å². The highest BCUT2D eigenvalue weighted by Gasteiger charge is 2.36. The normalized spacial score (nSPS) is 19.2. The second kappa shape index (κ2) is 9.14. The Kier molecular flexibility index (Phi) is 5.88. The number of fused-ring (bicyclic) bond motifs is 1. The molecule has 2 atom stereocenters. The summed E-state index contributed by atoms with van der Waals surface area (Å²) in [5.41, 5.74) is 5.69. The van der Waals surface area contributed by atoms with Crippen LogP contribution in [-0.2, 0) is 4.79 Å². The summed E-state index contributed by atoms with van der Waals surface area (Å²) >= 11 is 0. The predicted molar refractivity (Wildman–Crippen MR) is 133 cm³/mol. The Morgan fingerprint density at radius 1 is 0.765 bits per heavy atom. The number of carbonyl (C=O) groups excluding carboxylic acids is 1. The molecule has 0 spiro atoms. The minimum Gasteiger partial charge on any atom is -0.497 e. The molecule has 0 unspecified atom stereocenters. The van der Waals surface area contributed by atoms with E-state index in [0.717, 1.165) is 39.5 Å². The Bertz CT molecular complexity index is 1270. The first-order valence-corrected chi connectivity index (χ1v) is 11.4. The first kappa shape index (κ1) is 21.9. The van der Waals surface area contributed by atoms with Gasteiger partial charge < -0.3 is 24.8 Å². The van der Waals surface area contributed by atoms with Crippen molar-refractivity contribution in [3.63, 3.8) is 0 Å². The molecule has 0 saturated carbocycles. The zero-order valence-corrected chi connectivity index (χ0v) is 19.6. The number of rotatable bonds is 5. The molecule has 0 amide bonds. The average molecular weight is 457 g/mol. The molecule has 0 fully saturated rings. The lowest BCUT2D eigenvalue weighted by Gasteiger charge is -2.30. The number of allylic oxidation sites excluding steroid dienone is 1. The third-order valence-electron chi connectivity index (χ3n) is 6.62. The number of ketones is 1. The highest BCUT2D eigenvalue weighted by molar-refractivity contribution is 6.01. The van der Waals surface area contributed by atoms with Crippen molar-refractivity contribution >= 4 is 17.2 Å². The Morgan fingerprint density at radius 3 is 2.32 bits per heavy atom. The van der Waals surface area contributed by atoms with Gasteiger partial charge in [-0.1, -0.05) is 30.3 Å². The van der Waals surface area contributed by atoms with Gasteiger partial charge in [0.15, 0.2) is 17.3 Å². The number of hydrogen-bond donors (Lipinski definition) is 2. The molecule has 0 aromatic heterocycles. The number of para-hydroxylation sites is 2. The SMILES string of the molecule is COc1cccc([C@H]2Nc3ccccc3NC3=C2C(=O)C[C@@H](c2ccc(OC)c(OC)c2)C3)c1. The van der Waals surface area contributed by atoms with E-state index < -0.39 is 0 Å². The Labute approximate surface area is 199 Å². The second-order valence-electron chi connectivity index (χ2n) is 8.56. The Morgan fingerprint density at radius 2 is 1.56 bits per heavy atom. The molecule has 2 N–H and O–H groups in total. The van der Waals surface area contributed by atoms with Crippen molar-refractivity contribution in [2.75, 3.05) is 32.0 Å². The van der Waals surface area contributed by atoms with Gasteiger partial charge in [-0.05, 0) is 59.9 Å². The van der Waals surface area contributed by atoms with E-state index >= 15 is 0 Å². The first-order valence-electron chi connectivity index (χ1n) is 11.4. The minimum absolute atomic E-state index is 0.0368. The zero-order valence-electron chi connectivity index (χ0n) is 19.6. The van der Waals surface area contributed by atoms with Crippen molar-refractivity contribution in [3.8, 4) is 17.2 Å². The summed E-state index contributed by atoms with van der Waals surface area (Å²) in [6.45, 7) is 0. The molecule has 0 radical (unpaired) electrons. The lowest BCUT2D eigenvalue weighted by molar-refractivity contribution is -0.116. The van der Waals surface area contributed by atoms with Gasteiger partial charge >= 0.3 is 0 Å². The van der Waals surface area contributed by atoms with Gasteiger partial charge in [-0.2, -0.15) is 0 Å². The Hall–Kier alpha value is -3.93. The van der Waals surface area contributed by atoms with Crippen LogP contribution in [0.15, 0.2) is 78.0 Å². The number of nitrogens with one attached hydrogen (secondary N) is 2. The fraction of sp³-hybridized carbons (Fsp3) is 0.250. The average Bonchev–Trinajstić information content (AvgIpc) is 3.05. The standard InChI is InChI=1S/C28H28N2O4/c1-32-20-8-6-7-18(13-20)28-27-23(29-21-9-4-5-10-22(21)30-28)14-19(15-24(27)31)17-11-12-25(33-2)26(16-17)34-3/h4-13,16,19,28-30H,14-15H2,1-3H3/t19-,28+/m0/s1. The van der Waals surface area contributed by atoms with Crippen LogP contribution in [0, 0.1) is 0 Å². The molecule has 1 heterocycles. The van der Waals surface area contributed by atoms with Crippen LogP contribution in [0.5, 0.6) is 17.2 Å². The molecule has 0 saturated heterocycles. The van der Waals surface area contributed by atoms with E-state index in [2.05, 4.69) is 10.6 Å². The zero-order chi connectivity index (χ0) is 23.7. The molecule has 6 heteroatoms. The van der Waals surface area contributed by atoms with E-state index in [9.17, 15) is 4.79 Å². The summed E-state index contributed by atoms with van der Waals surface area (Å²) in [4.78, 5) is 13.7. The molecule has 2 aliphatic rings. The van der Waals surface area contributed by atoms with Gasteiger partial charge in [0.2, 0.25) is 0 Å². The summed E-state index contributed by atoms with van der Waals surface area (Å²) < 4.78 is 16.4. The maximum atomic E-state index is 13.7. The lowest BCUT2D eigenvalue weighted by Crippen LogP contribution is -2.26. The number of Topliss-reactive ketones (excluding diaryl/α,β-unsaturated/α-hetero) is 1. The summed E-state index contributed by atoms with van der Waals surface area (Å²) in [5, 5.41) is 7.19. The highest BCUT2D eigenvalue weighted by atomic mass is 16.5. The maximum absolute atomic E-state index is 13.7. The highest BCUT2D eigenvalue weighted by Crippen LogP contribution is 2.45. The van der Waals surface area contributed by atoms with Crippen LogP contribution in [0.3, 0.4) is 0 Å². The van der Waals surface area contributed by atoms with Gasteiger partial charge in [-0.15, -0.1) is 0 Å². The third kappa shape index (κ3) is 3.96. The molecule has 1 aliphatic heterocycles. The van der Waals surface area contributed by atoms with Crippen molar-refractivity contribution < 1.29 is 19.0 Å². The summed E-state index contributed by atoms with van der Waals surface area (Å²) in [6, 6.07) is 21.6. The molecule has 3 aromatic carbocycles. The van der Waals surface area contributed by atoms with Gasteiger partial charge in [0.1, 0.15) is 5.75 Å². The van der Waals surface area contributed by atoms with E-state index in [0.29, 0.717) is 24.3 Å². The number of benzene rings is 3. The minimum atomic E-state index is -0.278. The van der Waals surface area contributed by atoms with Crippen LogP contribution in [-0.4, -0.2) is 27.1 Å². The van der Waals surface area contributed by atoms with Crippen LogP contribution in [0.4, 0.5) is 11.4 Å². The molecule has 1 aliphatic carbocycles. The molecule has 5 rings (SSSR count). The van der Waals surface area contributed by atoms with Gasteiger partial charge in [0.25, 0.3) is 0 Å². The molecular formula is C28H28N2O4. The number of hydrogen-bond acceptors (Lipinski definition) is 6. The van der Waals surface area contributed by atoms with Crippen LogP contribution in [0.1, 0.15) is 35.9 Å². The van der Waals surface area contributed by atoms with E-state index in [1.807, 2.05) is 66.7 Å². The van der Waals surface area contributed by atoms with Crippen LogP contribution >= 0.6 is 0 Å². The fourth-order valence-electron chi connectivity index (χ4n) is 4.91.